The van der Waals surface area contributed by atoms with Crippen molar-refractivity contribution in [1.82, 2.24) is 19.6 Å². The Morgan fingerprint density at radius 3 is 2.30 bits per heavy atom. The molecule has 0 bridgehead atoms. The van der Waals surface area contributed by atoms with Crippen molar-refractivity contribution in [2.24, 2.45) is 0 Å². The Bertz CT molecular complexity index is 1170. The number of hydrogen-bond donors (Lipinski definition) is 1. The van der Waals surface area contributed by atoms with Gasteiger partial charge in [-0.05, 0) is 44.0 Å². The number of morpholine rings is 1. The van der Waals surface area contributed by atoms with Crippen molar-refractivity contribution in [3.05, 3.63) is 56.6 Å². The van der Waals surface area contributed by atoms with Gasteiger partial charge in [0.2, 0.25) is 0 Å². The van der Waals surface area contributed by atoms with Crippen LogP contribution in [0.1, 0.15) is 43.4 Å². The Kier molecular flexibility index (Phi) is 5.88. The maximum absolute atomic E-state index is 13.8. The molecule has 1 N–H and O–H groups in total. The van der Waals surface area contributed by atoms with Crippen molar-refractivity contribution in [2.75, 3.05) is 26.3 Å². The zero-order valence-corrected chi connectivity index (χ0v) is 19.4. The first-order valence-electron chi connectivity index (χ1n) is 11.5. The molecule has 33 heavy (non-hydrogen) atoms. The number of nitrogens with one attached hydrogen (secondary N) is 1. The first kappa shape index (κ1) is 22.0. The van der Waals surface area contributed by atoms with Gasteiger partial charge < -0.3 is 9.64 Å². The highest BCUT2D eigenvalue weighted by atomic mass is 35.5. The van der Waals surface area contributed by atoms with E-state index in [0.29, 0.717) is 48.4 Å². The van der Waals surface area contributed by atoms with Crippen molar-refractivity contribution in [3.8, 4) is 5.69 Å². The predicted molar refractivity (Wildman–Crippen MR) is 124 cm³/mol. The van der Waals surface area contributed by atoms with Gasteiger partial charge in [-0.15, -0.1) is 0 Å². The molecular weight excluding hydrogens is 444 g/mol. The molecule has 1 aliphatic carbocycles. The number of benzene rings is 1. The minimum Gasteiger partial charge on any atom is -0.378 e. The molecular formula is C24H27ClN4O4. The van der Waals surface area contributed by atoms with E-state index in [0.717, 1.165) is 32.1 Å². The molecule has 9 heteroatoms. The maximum Gasteiger partial charge on any atom is 0.279 e. The lowest BCUT2D eigenvalue weighted by Crippen LogP contribution is -2.45. The molecule has 2 fully saturated rings. The van der Waals surface area contributed by atoms with Crippen LogP contribution in [0.25, 0.3) is 11.3 Å². The molecule has 2 amide bonds. The van der Waals surface area contributed by atoms with Gasteiger partial charge in [0.1, 0.15) is 5.70 Å². The number of aromatic nitrogens is 2. The highest BCUT2D eigenvalue weighted by Gasteiger charge is 2.46. The van der Waals surface area contributed by atoms with Gasteiger partial charge in [-0.2, -0.15) is 0 Å². The molecule has 174 valence electrons. The lowest BCUT2D eigenvalue weighted by molar-refractivity contribution is -0.141. The van der Waals surface area contributed by atoms with E-state index < -0.39 is 0 Å². The summed E-state index contributed by atoms with van der Waals surface area (Å²) in [5.74, 6) is -0.655. The number of H-pyrrole nitrogens is 1. The Hall–Kier alpha value is -2.84. The SMILES string of the molecule is Cc1[nH]n(-c2ccc(Cl)cc2)c(=O)c1C1=C(N2CCOCC2)C(=O)N(C2CCCCC2)C1=O. The van der Waals surface area contributed by atoms with Crippen molar-refractivity contribution >= 4 is 29.0 Å². The number of imide groups is 1. The van der Waals surface area contributed by atoms with E-state index in [-0.39, 0.29) is 34.6 Å². The normalized spacial score (nSPS) is 20.3. The molecule has 0 spiro atoms. The standard InChI is InChI=1S/C24H27ClN4O4/c1-15-19(23(31)29(26-15)18-9-7-16(25)8-10-18)20-21(27-11-13-33-14-12-27)24(32)28(22(20)30)17-5-3-2-4-6-17/h7-10,17,26H,2-6,11-14H2,1H3. The summed E-state index contributed by atoms with van der Waals surface area (Å²) in [7, 11) is 0. The predicted octanol–water partition coefficient (Wildman–Crippen LogP) is 2.87. The van der Waals surface area contributed by atoms with Crippen LogP contribution in [0.4, 0.5) is 0 Å². The van der Waals surface area contributed by atoms with E-state index >= 15 is 0 Å². The van der Waals surface area contributed by atoms with Crippen molar-refractivity contribution in [2.45, 2.75) is 45.1 Å². The second kappa shape index (κ2) is 8.83. The summed E-state index contributed by atoms with van der Waals surface area (Å²) >= 11 is 6.00. The van der Waals surface area contributed by atoms with Crippen LogP contribution in [0.2, 0.25) is 5.02 Å². The van der Waals surface area contributed by atoms with Crippen LogP contribution in [-0.2, 0) is 14.3 Å². The highest BCUT2D eigenvalue weighted by Crippen LogP contribution is 2.36. The fraction of sp³-hybridized carbons (Fsp3) is 0.458. The first-order valence-corrected chi connectivity index (χ1v) is 11.9. The average Bonchev–Trinajstić information content (AvgIpc) is 3.26. The van der Waals surface area contributed by atoms with Gasteiger partial charge in [0.15, 0.2) is 0 Å². The number of aromatic amines is 1. The molecule has 0 unspecified atom stereocenters. The number of aryl methyl sites for hydroxylation is 1. The van der Waals surface area contributed by atoms with Crippen LogP contribution in [0, 0.1) is 6.92 Å². The van der Waals surface area contributed by atoms with Gasteiger partial charge in [-0.25, -0.2) is 4.68 Å². The Morgan fingerprint density at radius 2 is 1.64 bits per heavy atom. The van der Waals surface area contributed by atoms with Crippen LogP contribution in [0.5, 0.6) is 0 Å². The number of carbonyl (C=O) groups is 2. The van der Waals surface area contributed by atoms with Crippen LogP contribution >= 0.6 is 11.6 Å². The average molecular weight is 471 g/mol. The summed E-state index contributed by atoms with van der Waals surface area (Å²) in [4.78, 5) is 44.3. The lowest BCUT2D eigenvalue weighted by atomic mass is 9.94. The summed E-state index contributed by atoms with van der Waals surface area (Å²) in [6.07, 6.45) is 4.73. The summed E-state index contributed by atoms with van der Waals surface area (Å²) in [6, 6.07) is 6.75. The molecule has 5 rings (SSSR count). The molecule has 1 aromatic carbocycles. The Labute approximate surface area is 196 Å². The first-order chi connectivity index (χ1) is 16.0. The summed E-state index contributed by atoms with van der Waals surface area (Å²) in [5.41, 5.74) is 1.58. The Morgan fingerprint density at radius 1 is 0.970 bits per heavy atom. The minimum atomic E-state index is -0.365. The third kappa shape index (κ3) is 3.81. The van der Waals surface area contributed by atoms with Gasteiger partial charge in [-0.1, -0.05) is 30.9 Å². The second-order valence-corrected chi connectivity index (χ2v) is 9.26. The van der Waals surface area contributed by atoms with E-state index in [4.69, 9.17) is 16.3 Å². The van der Waals surface area contributed by atoms with Crippen LogP contribution in [0.3, 0.4) is 0 Å². The molecule has 2 aromatic rings. The van der Waals surface area contributed by atoms with Crippen LogP contribution in [0.15, 0.2) is 34.8 Å². The molecule has 0 radical (unpaired) electrons. The molecule has 2 aliphatic heterocycles. The summed E-state index contributed by atoms with van der Waals surface area (Å²) in [5, 5.41) is 3.64. The van der Waals surface area contributed by atoms with Crippen molar-refractivity contribution < 1.29 is 14.3 Å². The van der Waals surface area contributed by atoms with Gasteiger partial charge in [0, 0.05) is 29.8 Å². The summed E-state index contributed by atoms with van der Waals surface area (Å²) < 4.78 is 6.86. The number of rotatable bonds is 4. The highest BCUT2D eigenvalue weighted by molar-refractivity contribution is 6.35. The van der Waals surface area contributed by atoms with E-state index in [9.17, 15) is 14.4 Å². The second-order valence-electron chi connectivity index (χ2n) is 8.82. The third-order valence-corrected chi connectivity index (χ3v) is 7.02. The monoisotopic (exact) mass is 470 g/mol. The van der Waals surface area contributed by atoms with Gasteiger partial charge in [0.05, 0.1) is 30.0 Å². The van der Waals surface area contributed by atoms with Crippen molar-refractivity contribution in [1.29, 1.82) is 0 Å². The molecule has 1 aromatic heterocycles. The quantitative estimate of drug-likeness (QED) is 0.694. The van der Waals surface area contributed by atoms with E-state index in [1.807, 2.05) is 4.90 Å². The van der Waals surface area contributed by atoms with E-state index in [1.54, 1.807) is 31.2 Å². The third-order valence-electron chi connectivity index (χ3n) is 6.76. The van der Waals surface area contributed by atoms with Gasteiger partial charge >= 0.3 is 0 Å². The maximum atomic E-state index is 13.8. The van der Waals surface area contributed by atoms with Crippen LogP contribution < -0.4 is 5.56 Å². The topological polar surface area (TPSA) is 87.6 Å². The van der Waals surface area contributed by atoms with E-state index in [2.05, 4.69) is 5.10 Å². The van der Waals surface area contributed by atoms with Crippen LogP contribution in [-0.4, -0.2) is 63.7 Å². The molecule has 1 saturated carbocycles. The fourth-order valence-corrected chi connectivity index (χ4v) is 5.25. The molecule has 1 saturated heterocycles. The van der Waals surface area contributed by atoms with Crippen molar-refractivity contribution in [3.63, 3.8) is 0 Å². The number of carbonyl (C=O) groups excluding carboxylic acids is 2. The zero-order chi connectivity index (χ0) is 23.1. The molecule has 8 nitrogen and oxygen atoms in total. The summed E-state index contributed by atoms with van der Waals surface area (Å²) in [6.45, 7) is 3.72. The zero-order valence-electron chi connectivity index (χ0n) is 18.6. The molecule has 0 atom stereocenters. The molecule has 3 heterocycles. The largest absolute Gasteiger partial charge is 0.378 e. The minimum absolute atomic E-state index is 0.120. The molecule has 3 aliphatic rings. The number of nitrogens with zero attached hydrogens (tertiary/aromatic N) is 3. The lowest BCUT2D eigenvalue weighted by Gasteiger charge is -2.32. The number of hydrogen-bond acceptors (Lipinski definition) is 5. The fourth-order valence-electron chi connectivity index (χ4n) is 5.12. The number of ether oxygens (including phenoxy) is 1. The smallest absolute Gasteiger partial charge is 0.279 e. The number of halogens is 1. The van der Waals surface area contributed by atoms with Gasteiger partial charge in [0.25, 0.3) is 17.4 Å². The number of amides is 2. The van der Waals surface area contributed by atoms with Gasteiger partial charge in [-0.3, -0.25) is 24.4 Å². The Balaban J connectivity index is 1.63. The van der Waals surface area contributed by atoms with E-state index in [1.165, 1.54) is 9.58 Å².